The zero-order chi connectivity index (χ0) is 14.3. The second-order valence-electron chi connectivity index (χ2n) is 5.20. The van der Waals surface area contributed by atoms with Crippen molar-refractivity contribution in [2.75, 3.05) is 0 Å². The third-order valence-electron chi connectivity index (χ3n) is 3.71. The average molecular weight is 301 g/mol. The molecule has 6 heteroatoms. The highest BCUT2D eigenvalue weighted by Crippen LogP contribution is 2.40. The van der Waals surface area contributed by atoms with E-state index in [0.29, 0.717) is 17.0 Å². The van der Waals surface area contributed by atoms with Gasteiger partial charge in [-0.25, -0.2) is 0 Å². The monoisotopic (exact) mass is 301 g/mol. The predicted octanol–water partition coefficient (Wildman–Crippen LogP) is 3.48. The number of aliphatic imine (C=N–C) groups is 1. The molecule has 20 heavy (non-hydrogen) atoms. The van der Waals surface area contributed by atoms with Crippen molar-refractivity contribution in [2.24, 2.45) is 4.99 Å². The lowest BCUT2D eigenvalue weighted by molar-refractivity contribution is -0.137. The van der Waals surface area contributed by atoms with Crippen LogP contribution >= 0.6 is 11.8 Å². The molecule has 1 aliphatic carbocycles. The van der Waals surface area contributed by atoms with Gasteiger partial charge >= 0.3 is 6.18 Å². The first-order valence-electron chi connectivity index (χ1n) is 6.53. The number of hydrogen-bond donors (Lipinski definition) is 1. The zero-order valence-electron chi connectivity index (χ0n) is 10.6. The van der Waals surface area contributed by atoms with Gasteiger partial charge in [-0.1, -0.05) is 12.1 Å². The molecule has 0 aromatic heterocycles. The molecule has 1 heterocycles. The minimum absolute atomic E-state index is 0.132. The number of thioether (sulfide) groups is 1. The number of hydrogen-bond acceptors (Lipinski definition) is 3. The van der Waals surface area contributed by atoms with E-state index < -0.39 is 11.7 Å². The molecule has 1 aromatic rings. The summed E-state index contributed by atoms with van der Waals surface area (Å²) in [4.78, 5) is 4.54. The van der Waals surface area contributed by atoms with Crippen molar-refractivity contribution < 1.29 is 18.3 Å². The van der Waals surface area contributed by atoms with Crippen LogP contribution in [0.25, 0.3) is 0 Å². The van der Waals surface area contributed by atoms with Gasteiger partial charge in [0.25, 0.3) is 0 Å². The smallest absolute Gasteiger partial charge is 0.393 e. The van der Waals surface area contributed by atoms with Crippen LogP contribution in [0.4, 0.5) is 13.2 Å². The molecule has 1 saturated carbocycles. The summed E-state index contributed by atoms with van der Waals surface area (Å²) >= 11 is 1.49. The Morgan fingerprint density at radius 3 is 2.80 bits per heavy atom. The zero-order valence-corrected chi connectivity index (χ0v) is 11.4. The number of benzene rings is 1. The Bertz CT molecular complexity index is 543. The number of alkyl halides is 3. The molecule has 1 fully saturated rings. The SMILES string of the molecule is OC1CCC2N=C(c3cccc(C(F)(F)F)c3)SC2C1. The summed E-state index contributed by atoms with van der Waals surface area (Å²) < 4.78 is 38.2. The summed E-state index contributed by atoms with van der Waals surface area (Å²) in [6, 6.07) is 5.43. The number of nitrogens with zero attached hydrogens (tertiary/aromatic N) is 1. The summed E-state index contributed by atoms with van der Waals surface area (Å²) in [5.41, 5.74) is -0.123. The number of aliphatic hydroxyl groups is 1. The largest absolute Gasteiger partial charge is 0.416 e. The first kappa shape index (κ1) is 13.9. The molecule has 0 bridgehead atoms. The van der Waals surface area contributed by atoms with Gasteiger partial charge in [0.2, 0.25) is 0 Å². The first-order valence-corrected chi connectivity index (χ1v) is 7.41. The first-order chi connectivity index (χ1) is 9.43. The Labute approximate surface area is 119 Å². The second kappa shape index (κ2) is 5.07. The van der Waals surface area contributed by atoms with Crippen molar-refractivity contribution in [1.29, 1.82) is 0 Å². The third-order valence-corrected chi connectivity index (χ3v) is 5.09. The highest BCUT2D eigenvalue weighted by Gasteiger charge is 2.36. The van der Waals surface area contributed by atoms with Gasteiger partial charge < -0.3 is 5.11 Å². The van der Waals surface area contributed by atoms with Gasteiger partial charge in [0.1, 0.15) is 0 Å². The van der Waals surface area contributed by atoms with Crippen LogP contribution in [0.5, 0.6) is 0 Å². The number of aliphatic hydroxyl groups excluding tert-OH is 1. The van der Waals surface area contributed by atoms with E-state index in [1.54, 1.807) is 6.07 Å². The van der Waals surface area contributed by atoms with Gasteiger partial charge in [0.15, 0.2) is 0 Å². The summed E-state index contributed by atoms with van der Waals surface area (Å²) in [6.07, 6.45) is -2.44. The number of halogens is 3. The number of rotatable bonds is 1. The molecule has 0 saturated heterocycles. The molecule has 1 N–H and O–H groups in total. The fourth-order valence-electron chi connectivity index (χ4n) is 2.66. The molecule has 1 aliphatic heterocycles. The summed E-state index contributed by atoms with van der Waals surface area (Å²) in [5, 5.41) is 10.5. The Balaban J connectivity index is 1.84. The van der Waals surface area contributed by atoms with Crippen LogP contribution in [0.3, 0.4) is 0 Å². The van der Waals surface area contributed by atoms with E-state index in [9.17, 15) is 18.3 Å². The van der Waals surface area contributed by atoms with Gasteiger partial charge in [-0.3, -0.25) is 4.99 Å². The molecule has 0 amide bonds. The van der Waals surface area contributed by atoms with Crippen LogP contribution in [0.15, 0.2) is 29.3 Å². The molecule has 3 rings (SSSR count). The normalized spacial score (nSPS) is 30.0. The molecule has 0 spiro atoms. The minimum Gasteiger partial charge on any atom is -0.393 e. The van der Waals surface area contributed by atoms with Crippen molar-refractivity contribution >= 4 is 16.8 Å². The molecule has 3 unspecified atom stereocenters. The van der Waals surface area contributed by atoms with Crippen LogP contribution in [0, 0.1) is 0 Å². The van der Waals surface area contributed by atoms with Gasteiger partial charge in [-0.15, -0.1) is 11.8 Å². The Kier molecular flexibility index (Phi) is 3.54. The predicted molar refractivity (Wildman–Crippen MR) is 73.0 cm³/mol. The van der Waals surface area contributed by atoms with E-state index in [0.717, 1.165) is 25.0 Å². The second-order valence-corrected chi connectivity index (χ2v) is 6.43. The molecule has 1 aromatic carbocycles. The maximum Gasteiger partial charge on any atom is 0.416 e. The third kappa shape index (κ3) is 2.72. The Hall–Kier alpha value is -1.01. The topological polar surface area (TPSA) is 32.6 Å². The van der Waals surface area contributed by atoms with Crippen molar-refractivity contribution in [3.8, 4) is 0 Å². The average Bonchev–Trinajstić information content (AvgIpc) is 2.81. The highest BCUT2D eigenvalue weighted by atomic mass is 32.2. The summed E-state index contributed by atoms with van der Waals surface area (Å²) in [6.45, 7) is 0. The molecule has 0 radical (unpaired) electrons. The molecular formula is C14H14F3NOS. The highest BCUT2D eigenvalue weighted by molar-refractivity contribution is 8.15. The fourth-order valence-corrected chi connectivity index (χ4v) is 4.08. The van der Waals surface area contributed by atoms with Crippen LogP contribution in [0.2, 0.25) is 0 Å². The van der Waals surface area contributed by atoms with Crippen LogP contribution in [-0.2, 0) is 6.18 Å². The Morgan fingerprint density at radius 1 is 1.25 bits per heavy atom. The molecular weight excluding hydrogens is 287 g/mol. The van der Waals surface area contributed by atoms with Gasteiger partial charge in [0.05, 0.1) is 22.8 Å². The van der Waals surface area contributed by atoms with E-state index in [1.165, 1.54) is 17.8 Å². The maximum atomic E-state index is 12.7. The molecule has 108 valence electrons. The van der Waals surface area contributed by atoms with Crippen molar-refractivity contribution in [3.05, 3.63) is 35.4 Å². The Morgan fingerprint density at radius 2 is 2.05 bits per heavy atom. The van der Waals surface area contributed by atoms with E-state index in [-0.39, 0.29) is 17.4 Å². The van der Waals surface area contributed by atoms with Crippen LogP contribution < -0.4 is 0 Å². The minimum atomic E-state index is -4.33. The molecule has 2 nitrogen and oxygen atoms in total. The van der Waals surface area contributed by atoms with Crippen LogP contribution in [0.1, 0.15) is 30.4 Å². The van der Waals surface area contributed by atoms with Crippen LogP contribution in [-0.4, -0.2) is 27.5 Å². The lowest BCUT2D eigenvalue weighted by Crippen LogP contribution is -2.30. The fraction of sp³-hybridized carbons (Fsp3) is 0.500. The quantitative estimate of drug-likeness (QED) is 0.861. The van der Waals surface area contributed by atoms with Crippen molar-refractivity contribution in [3.63, 3.8) is 0 Å². The van der Waals surface area contributed by atoms with Gasteiger partial charge in [0, 0.05) is 10.8 Å². The van der Waals surface area contributed by atoms with E-state index in [4.69, 9.17) is 0 Å². The van der Waals surface area contributed by atoms with Crippen molar-refractivity contribution in [1.82, 2.24) is 0 Å². The lowest BCUT2D eigenvalue weighted by atomic mass is 9.93. The number of fused-ring (bicyclic) bond motifs is 1. The molecule has 2 aliphatic rings. The summed E-state index contributed by atoms with van der Waals surface area (Å²) in [7, 11) is 0. The van der Waals surface area contributed by atoms with Crippen molar-refractivity contribution in [2.45, 2.75) is 42.8 Å². The standard InChI is InChI=1S/C14H14F3NOS/c15-14(16,17)9-3-1-2-8(6-9)13-18-11-5-4-10(19)7-12(11)20-13/h1-3,6,10-12,19H,4-5,7H2. The van der Waals surface area contributed by atoms with E-state index >= 15 is 0 Å². The summed E-state index contributed by atoms with van der Waals surface area (Å²) in [5.74, 6) is 0. The maximum absolute atomic E-state index is 12.7. The van der Waals surface area contributed by atoms with Gasteiger partial charge in [-0.05, 0) is 31.4 Å². The lowest BCUT2D eigenvalue weighted by Gasteiger charge is -2.26. The molecule has 3 atom stereocenters. The van der Waals surface area contributed by atoms with E-state index in [1.807, 2.05) is 0 Å². The van der Waals surface area contributed by atoms with Gasteiger partial charge in [-0.2, -0.15) is 13.2 Å². The van der Waals surface area contributed by atoms with E-state index in [2.05, 4.69) is 4.99 Å².